The quantitative estimate of drug-likeness (QED) is 0.347. The van der Waals surface area contributed by atoms with Crippen LogP contribution in [0.3, 0.4) is 0 Å². The third kappa shape index (κ3) is 3.14. The van der Waals surface area contributed by atoms with Gasteiger partial charge in [0, 0.05) is 14.3 Å². The Morgan fingerprint density at radius 3 is 2.56 bits per heavy atom. The first-order valence-corrected chi connectivity index (χ1v) is 10.6. The Hall–Kier alpha value is -1.64. The molecule has 2 heteroatoms. The molecule has 0 aliphatic carbocycles. The SMILES string of the molecule is CC(C)c1cc2ccc(CC(C)(C)c3csc4ccccc34)cc2s1. The van der Waals surface area contributed by atoms with Crippen LogP contribution in [0.2, 0.25) is 0 Å². The van der Waals surface area contributed by atoms with Gasteiger partial charge in [-0.3, -0.25) is 0 Å². The molecule has 0 amide bonds. The first-order valence-electron chi connectivity index (χ1n) is 8.93. The molecule has 128 valence electrons. The minimum Gasteiger partial charge on any atom is -0.144 e. The Kier molecular flexibility index (Phi) is 4.21. The van der Waals surface area contributed by atoms with Gasteiger partial charge in [-0.15, -0.1) is 22.7 Å². The summed E-state index contributed by atoms with van der Waals surface area (Å²) in [7, 11) is 0. The Labute approximate surface area is 158 Å². The molecule has 0 aliphatic heterocycles. The molecule has 4 rings (SSSR count). The van der Waals surface area contributed by atoms with Gasteiger partial charge in [0.15, 0.2) is 0 Å². The van der Waals surface area contributed by atoms with E-state index < -0.39 is 0 Å². The molecule has 2 aromatic heterocycles. The van der Waals surface area contributed by atoms with Gasteiger partial charge in [-0.1, -0.05) is 58.0 Å². The van der Waals surface area contributed by atoms with E-state index >= 15 is 0 Å². The van der Waals surface area contributed by atoms with E-state index in [1.54, 1.807) is 0 Å². The summed E-state index contributed by atoms with van der Waals surface area (Å²) in [6, 6.07) is 18.1. The summed E-state index contributed by atoms with van der Waals surface area (Å²) < 4.78 is 2.81. The van der Waals surface area contributed by atoms with Crippen molar-refractivity contribution in [2.75, 3.05) is 0 Å². The lowest BCUT2D eigenvalue weighted by atomic mass is 9.79. The van der Waals surface area contributed by atoms with Crippen molar-refractivity contribution in [1.82, 2.24) is 0 Å². The first-order chi connectivity index (χ1) is 11.9. The summed E-state index contributed by atoms with van der Waals surface area (Å²) in [6.07, 6.45) is 1.07. The van der Waals surface area contributed by atoms with Crippen molar-refractivity contribution in [2.24, 2.45) is 0 Å². The third-order valence-electron chi connectivity index (χ3n) is 5.03. The van der Waals surface area contributed by atoms with Gasteiger partial charge in [0.05, 0.1) is 0 Å². The fourth-order valence-electron chi connectivity index (χ4n) is 3.60. The molecule has 0 bridgehead atoms. The molecule has 0 fully saturated rings. The van der Waals surface area contributed by atoms with E-state index in [0.29, 0.717) is 5.92 Å². The molecule has 0 nitrogen and oxygen atoms in total. The van der Waals surface area contributed by atoms with Crippen LogP contribution in [0.1, 0.15) is 49.6 Å². The molecule has 0 spiro atoms. The normalized spacial score (nSPS) is 12.5. The molecule has 0 aliphatic rings. The van der Waals surface area contributed by atoms with Gasteiger partial charge in [-0.2, -0.15) is 0 Å². The maximum Gasteiger partial charge on any atom is 0.0348 e. The third-order valence-corrected chi connectivity index (χ3v) is 7.39. The van der Waals surface area contributed by atoms with Gasteiger partial charge in [0.25, 0.3) is 0 Å². The Bertz CT molecular complexity index is 1030. The first kappa shape index (κ1) is 16.8. The summed E-state index contributed by atoms with van der Waals surface area (Å²) in [5.74, 6) is 0.606. The second-order valence-electron chi connectivity index (χ2n) is 7.88. The van der Waals surface area contributed by atoms with Gasteiger partial charge in [-0.05, 0) is 63.2 Å². The molecule has 2 aromatic carbocycles. The maximum atomic E-state index is 2.40. The monoisotopic (exact) mass is 364 g/mol. The van der Waals surface area contributed by atoms with Crippen molar-refractivity contribution in [1.29, 1.82) is 0 Å². The van der Waals surface area contributed by atoms with Gasteiger partial charge in [0.1, 0.15) is 0 Å². The topological polar surface area (TPSA) is 0 Å². The lowest BCUT2D eigenvalue weighted by Gasteiger charge is -2.25. The Morgan fingerprint density at radius 1 is 0.960 bits per heavy atom. The van der Waals surface area contributed by atoms with Crippen molar-refractivity contribution in [3.8, 4) is 0 Å². The standard InChI is InChI=1S/C23H24S2/c1-15(2)21-12-17-10-9-16(11-22(17)25-21)13-23(3,4)19-14-24-20-8-6-5-7-18(19)20/h5-12,14-15H,13H2,1-4H3. The predicted octanol–water partition coefficient (Wildman–Crippen LogP) is 7.76. The van der Waals surface area contributed by atoms with Gasteiger partial charge < -0.3 is 0 Å². The molecule has 0 saturated heterocycles. The van der Waals surface area contributed by atoms with E-state index in [0.717, 1.165) is 6.42 Å². The lowest BCUT2D eigenvalue weighted by Crippen LogP contribution is -2.20. The van der Waals surface area contributed by atoms with Crippen LogP contribution in [0.4, 0.5) is 0 Å². The predicted molar refractivity (Wildman–Crippen MR) is 114 cm³/mol. The maximum absolute atomic E-state index is 2.40. The summed E-state index contributed by atoms with van der Waals surface area (Å²) in [6.45, 7) is 9.30. The smallest absolute Gasteiger partial charge is 0.0348 e. The largest absolute Gasteiger partial charge is 0.144 e. The van der Waals surface area contributed by atoms with Crippen LogP contribution < -0.4 is 0 Å². The zero-order chi connectivity index (χ0) is 17.6. The highest BCUT2D eigenvalue weighted by molar-refractivity contribution is 7.19. The highest BCUT2D eigenvalue weighted by Gasteiger charge is 2.24. The molecular weight excluding hydrogens is 340 g/mol. The molecule has 0 saturated carbocycles. The number of benzene rings is 2. The highest BCUT2D eigenvalue weighted by atomic mass is 32.1. The van der Waals surface area contributed by atoms with Crippen molar-refractivity contribution in [3.63, 3.8) is 0 Å². The number of hydrogen-bond donors (Lipinski definition) is 0. The minimum atomic E-state index is 0.130. The zero-order valence-electron chi connectivity index (χ0n) is 15.3. The molecule has 0 N–H and O–H groups in total. The molecule has 2 heterocycles. The van der Waals surface area contributed by atoms with Crippen molar-refractivity contribution in [3.05, 3.63) is 69.9 Å². The molecule has 4 aromatic rings. The average Bonchev–Trinajstić information content (AvgIpc) is 3.18. The molecule has 0 atom stereocenters. The van der Waals surface area contributed by atoms with Crippen LogP contribution in [-0.4, -0.2) is 0 Å². The summed E-state index contributed by atoms with van der Waals surface area (Å²) >= 11 is 3.81. The van der Waals surface area contributed by atoms with Gasteiger partial charge in [0.2, 0.25) is 0 Å². The van der Waals surface area contributed by atoms with E-state index in [2.05, 4.69) is 81.6 Å². The summed E-state index contributed by atoms with van der Waals surface area (Å²) in [5.41, 5.74) is 3.04. The fourth-order valence-corrected chi connectivity index (χ4v) is 5.88. The zero-order valence-corrected chi connectivity index (χ0v) is 16.9. The fraction of sp³-hybridized carbons (Fsp3) is 0.304. The van der Waals surface area contributed by atoms with Crippen LogP contribution in [0.5, 0.6) is 0 Å². The van der Waals surface area contributed by atoms with Gasteiger partial charge >= 0.3 is 0 Å². The van der Waals surface area contributed by atoms with Crippen molar-refractivity contribution >= 4 is 42.8 Å². The number of fused-ring (bicyclic) bond motifs is 2. The number of rotatable bonds is 4. The highest BCUT2D eigenvalue weighted by Crippen LogP contribution is 2.38. The van der Waals surface area contributed by atoms with Gasteiger partial charge in [-0.25, -0.2) is 0 Å². The average molecular weight is 365 g/mol. The number of hydrogen-bond acceptors (Lipinski definition) is 2. The molecule has 0 radical (unpaired) electrons. The lowest BCUT2D eigenvalue weighted by molar-refractivity contribution is 0.529. The second kappa shape index (κ2) is 6.26. The Morgan fingerprint density at radius 2 is 1.76 bits per heavy atom. The van der Waals surface area contributed by atoms with Crippen LogP contribution in [0, 0.1) is 0 Å². The minimum absolute atomic E-state index is 0.130. The van der Waals surface area contributed by atoms with Crippen molar-refractivity contribution < 1.29 is 0 Å². The van der Waals surface area contributed by atoms with E-state index in [4.69, 9.17) is 0 Å². The van der Waals surface area contributed by atoms with E-state index in [1.165, 1.54) is 36.2 Å². The molecule has 25 heavy (non-hydrogen) atoms. The Balaban J connectivity index is 1.69. The molecular formula is C23H24S2. The van der Waals surface area contributed by atoms with E-state index in [9.17, 15) is 0 Å². The summed E-state index contributed by atoms with van der Waals surface area (Å²) in [4.78, 5) is 1.48. The van der Waals surface area contributed by atoms with E-state index in [1.807, 2.05) is 22.7 Å². The van der Waals surface area contributed by atoms with Crippen LogP contribution >= 0.6 is 22.7 Å². The number of thiophene rings is 2. The molecule has 0 unspecified atom stereocenters. The van der Waals surface area contributed by atoms with Crippen LogP contribution in [-0.2, 0) is 11.8 Å². The summed E-state index contributed by atoms with van der Waals surface area (Å²) in [5, 5.41) is 5.15. The van der Waals surface area contributed by atoms with Crippen LogP contribution in [0.25, 0.3) is 20.2 Å². The van der Waals surface area contributed by atoms with E-state index in [-0.39, 0.29) is 5.41 Å². The van der Waals surface area contributed by atoms with Crippen molar-refractivity contribution in [2.45, 2.75) is 45.4 Å². The van der Waals surface area contributed by atoms with Crippen LogP contribution in [0.15, 0.2) is 53.9 Å². The second-order valence-corrected chi connectivity index (χ2v) is 9.91.